The van der Waals surface area contributed by atoms with Crippen molar-refractivity contribution in [1.82, 2.24) is 10.2 Å². The van der Waals surface area contributed by atoms with Crippen LogP contribution in [0.4, 0.5) is 0 Å². The minimum Gasteiger partial charge on any atom is -0.497 e. The molecular weight excluding hydrogens is 340 g/mol. The highest BCUT2D eigenvalue weighted by Gasteiger charge is 2.21. The van der Waals surface area contributed by atoms with Gasteiger partial charge in [0.05, 0.1) is 13.2 Å². The molecule has 3 aromatic rings. The van der Waals surface area contributed by atoms with Crippen molar-refractivity contribution < 1.29 is 13.9 Å². The molecule has 5 heteroatoms. The Bertz CT molecular complexity index is 866. The molecule has 1 aromatic heterocycles. The zero-order valence-electron chi connectivity index (χ0n) is 16.1. The number of nitrogens with zero attached hydrogens (tertiary/aromatic N) is 1. The molecule has 0 saturated carbocycles. The molecule has 5 nitrogen and oxygen atoms in total. The summed E-state index contributed by atoms with van der Waals surface area (Å²) in [6, 6.07) is 17.5. The summed E-state index contributed by atoms with van der Waals surface area (Å²) in [5.41, 5.74) is 1.83. The first-order valence-corrected chi connectivity index (χ1v) is 9.31. The normalized spacial score (nSPS) is 12.3. The largest absolute Gasteiger partial charge is 0.497 e. The van der Waals surface area contributed by atoms with E-state index in [-0.39, 0.29) is 11.9 Å². The van der Waals surface area contributed by atoms with E-state index in [1.165, 1.54) is 0 Å². The van der Waals surface area contributed by atoms with Crippen LogP contribution in [0.2, 0.25) is 0 Å². The molecule has 1 amide bonds. The van der Waals surface area contributed by atoms with Gasteiger partial charge in [0.2, 0.25) is 0 Å². The number of hydrogen-bond donors (Lipinski definition) is 1. The number of hydrogen-bond acceptors (Lipinski definition) is 4. The van der Waals surface area contributed by atoms with Gasteiger partial charge >= 0.3 is 0 Å². The Kier molecular flexibility index (Phi) is 6.14. The summed E-state index contributed by atoms with van der Waals surface area (Å²) in [7, 11) is 1.66. The van der Waals surface area contributed by atoms with Gasteiger partial charge in [-0.3, -0.25) is 9.69 Å². The van der Waals surface area contributed by atoms with E-state index in [0.29, 0.717) is 12.3 Å². The average Bonchev–Trinajstić information content (AvgIpc) is 3.15. The second-order valence-electron chi connectivity index (χ2n) is 6.37. The molecule has 3 rings (SSSR count). The number of ether oxygens (including phenoxy) is 1. The van der Waals surface area contributed by atoms with Crippen molar-refractivity contribution in [2.75, 3.05) is 26.7 Å². The first kappa shape index (κ1) is 19.0. The molecule has 0 aliphatic carbocycles. The van der Waals surface area contributed by atoms with Crippen molar-refractivity contribution in [3.05, 3.63) is 65.9 Å². The molecule has 1 atom stereocenters. The molecule has 0 aliphatic heterocycles. The van der Waals surface area contributed by atoms with E-state index < -0.39 is 0 Å². The third kappa shape index (κ3) is 4.31. The molecular formula is C22H26N2O3. The fourth-order valence-corrected chi connectivity index (χ4v) is 3.34. The number of fused-ring (bicyclic) bond motifs is 1. The van der Waals surface area contributed by atoms with E-state index in [1.807, 2.05) is 42.5 Å². The van der Waals surface area contributed by atoms with Gasteiger partial charge in [-0.1, -0.05) is 44.2 Å². The summed E-state index contributed by atoms with van der Waals surface area (Å²) in [6.45, 7) is 6.51. The Morgan fingerprint density at radius 2 is 1.89 bits per heavy atom. The summed E-state index contributed by atoms with van der Waals surface area (Å²) in [6.07, 6.45) is 0. The zero-order valence-corrected chi connectivity index (χ0v) is 16.1. The predicted octanol–water partition coefficient (Wildman–Crippen LogP) is 4.25. The third-order valence-electron chi connectivity index (χ3n) is 4.84. The quantitative estimate of drug-likeness (QED) is 0.647. The van der Waals surface area contributed by atoms with E-state index in [9.17, 15) is 4.79 Å². The lowest BCUT2D eigenvalue weighted by atomic mass is 10.0. The molecule has 1 unspecified atom stereocenters. The van der Waals surface area contributed by atoms with Gasteiger partial charge in [0.25, 0.3) is 5.91 Å². The van der Waals surface area contributed by atoms with Crippen molar-refractivity contribution in [3.63, 3.8) is 0 Å². The molecule has 0 saturated heterocycles. The van der Waals surface area contributed by atoms with E-state index in [4.69, 9.17) is 9.15 Å². The maximum Gasteiger partial charge on any atom is 0.287 e. The lowest BCUT2D eigenvalue weighted by Crippen LogP contribution is -2.38. The van der Waals surface area contributed by atoms with Gasteiger partial charge in [0.15, 0.2) is 5.76 Å². The summed E-state index contributed by atoms with van der Waals surface area (Å²) in [5, 5.41) is 3.96. The summed E-state index contributed by atoms with van der Waals surface area (Å²) < 4.78 is 11.0. The first-order chi connectivity index (χ1) is 13.2. The molecule has 27 heavy (non-hydrogen) atoms. The van der Waals surface area contributed by atoms with E-state index in [2.05, 4.69) is 30.1 Å². The number of carbonyl (C=O) groups excluding carboxylic acids is 1. The molecule has 0 bridgehead atoms. The summed E-state index contributed by atoms with van der Waals surface area (Å²) in [4.78, 5) is 14.9. The van der Waals surface area contributed by atoms with Gasteiger partial charge in [0.1, 0.15) is 11.3 Å². The zero-order chi connectivity index (χ0) is 19.2. The predicted molar refractivity (Wildman–Crippen MR) is 107 cm³/mol. The SMILES string of the molecule is CCN(CC)C(CNC(=O)c1cc2ccccc2o1)c1cccc(OC)c1. The Labute approximate surface area is 159 Å². The first-order valence-electron chi connectivity index (χ1n) is 9.31. The minimum absolute atomic E-state index is 0.0587. The number of carbonyl (C=O) groups is 1. The van der Waals surface area contributed by atoms with E-state index >= 15 is 0 Å². The number of rotatable bonds is 8. The Morgan fingerprint density at radius 3 is 2.59 bits per heavy atom. The third-order valence-corrected chi connectivity index (χ3v) is 4.84. The fraction of sp³-hybridized carbons (Fsp3) is 0.318. The Morgan fingerprint density at radius 1 is 1.11 bits per heavy atom. The van der Waals surface area contributed by atoms with E-state index in [0.717, 1.165) is 35.4 Å². The number of furan rings is 1. The second-order valence-corrected chi connectivity index (χ2v) is 6.37. The second kappa shape index (κ2) is 8.73. The van der Waals surface area contributed by atoms with Crippen LogP contribution >= 0.6 is 0 Å². The van der Waals surface area contributed by atoms with Crippen molar-refractivity contribution in [1.29, 1.82) is 0 Å². The summed E-state index contributed by atoms with van der Waals surface area (Å²) in [5.74, 6) is 0.944. The van der Waals surface area contributed by atoms with Crippen LogP contribution in [0.5, 0.6) is 5.75 Å². The number of amides is 1. The van der Waals surface area contributed by atoms with Gasteiger partial charge in [0, 0.05) is 11.9 Å². The van der Waals surface area contributed by atoms with Gasteiger partial charge in [-0.2, -0.15) is 0 Å². The standard InChI is InChI=1S/C22H26N2O3/c1-4-24(5-2)19(16-10-8-11-18(13-16)26-3)15-23-22(25)21-14-17-9-6-7-12-20(17)27-21/h6-14,19H,4-5,15H2,1-3H3,(H,23,25). The Balaban J connectivity index is 1.78. The number of nitrogens with one attached hydrogen (secondary N) is 1. The van der Waals surface area contributed by atoms with Crippen LogP contribution in [0.25, 0.3) is 11.0 Å². The number of methoxy groups -OCH3 is 1. The van der Waals surface area contributed by atoms with Crippen LogP contribution in [0.1, 0.15) is 36.0 Å². The number of likely N-dealkylation sites (N-methyl/N-ethyl adjacent to an activating group) is 1. The molecule has 1 N–H and O–H groups in total. The van der Waals surface area contributed by atoms with Gasteiger partial charge in [-0.15, -0.1) is 0 Å². The van der Waals surface area contributed by atoms with Crippen molar-refractivity contribution in [2.24, 2.45) is 0 Å². The van der Waals surface area contributed by atoms with Crippen LogP contribution in [0.15, 0.2) is 59.0 Å². The van der Waals surface area contributed by atoms with Crippen LogP contribution < -0.4 is 10.1 Å². The molecule has 0 radical (unpaired) electrons. The number of benzene rings is 2. The average molecular weight is 366 g/mol. The summed E-state index contributed by atoms with van der Waals surface area (Å²) >= 11 is 0. The molecule has 1 heterocycles. The minimum atomic E-state index is -0.203. The topological polar surface area (TPSA) is 54.7 Å². The molecule has 0 spiro atoms. The van der Waals surface area contributed by atoms with Crippen LogP contribution in [0, 0.1) is 0 Å². The molecule has 0 aliphatic rings. The lowest BCUT2D eigenvalue weighted by Gasteiger charge is -2.30. The Hall–Kier alpha value is -2.79. The lowest BCUT2D eigenvalue weighted by molar-refractivity contribution is 0.0909. The van der Waals surface area contributed by atoms with Crippen molar-refractivity contribution in [3.8, 4) is 5.75 Å². The van der Waals surface area contributed by atoms with Crippen molar-refractivity contribution >= 4 is 16.9 Å². The smallest absolute Gasteiger partial charge is 0.287 e. The van der Waals surface area contributed by atoms with Gasteiger partial charge in [-0.25, -0.2) is 0 Å². The molecule has 0 fully saturated rings. The highest BCUT2D eigenvalue weighted by atomic mass is 16.5. The maximum absolute atomic E-state index is 12.6. The highest BCUT2D eigenvalue weighted by molar-refractivity contribution is 5.96. The monoisotopic (exact) mass is 366 g/mol. The van der Waals surface area contributed by atoms with Crippen LogP contribution in [0.3, 0.4) is 0 Å². The van der Waals surface area contributed by atoms with Crippen LogP contribution in [-0.2, 0) is 0 Å². The number of para-hydroxylation sites is 1. The van der Waals surface area contributed by atoms with Gasteiger partial charge < -0.3 is 14.5 Å². The van der Waals surface area contributed by atoms with Gasteiger partial charge in [-0.05, 0) is 42.9 Å². The highest BCUT2D eigenvalue weighted by Crippen LogP contribution is 2.24. The maximum atomic E-state index is 12.6. The fourth-order valence-electron chi connectivity index (χ4n) is 3.34. The molecule has 142 valence electrons. The van der Waals surface area contributed by atoms with Crippen LogP contribution in [-0.4, -0.2) is 37.6 Å². The van der Waals surface area contributed by atoms with E-state index in [1.54, 1.807) is 13.2 Å². The molecule has 2 aromatic carbocycles. The van der Waals surface area contributed by atoms with Crippen molar-refractivity contribution in [2.45, 2.75) is 19.9 Å².